The summed E-state index contributed by atoms with van der Waals surface area (Å²) < 4.78 is 36.3. The molecule has 1 aromatic rings. The normalized spacial score (nSPS) is 9.90. The monoisotopic (exact) mass is 148 g/mol. The van der Waals surface area contributed by atoms with E-state index in [2.05, 4.69) is 4.98 Å². The number of anilines is 1. The van der Waals surface area contributed by atoms with Crippen LogP contribution in [0, 0.1) is 17.7 Å². The van der Waals surface area contributed by atoms with Gasteiger partial charge in [0.15, 0.2) is 5.82 Å². The molecule has 5 heteroatoms. The minimum Gasteiger partial charge on any atom is -0.393 e. The summed E-state index contributed by atoms with van der Waals surface area (Å²) in [4.78, 5) is 2.64. The smallest absolute Gasteiger partial charge is 0.241 e. The lowest BCUT2D eigenvalue weighted by Crippen LogP contribution is -1.99. The Balaban J connectivity index is 3.31. The molecule has 2 nitrogen and oxygen atoms in total. The van der Waals surface area contributed by atoms with Gasteiger partial charge in [-0.25, -0.2) is 4.39 Å². The minimum absolute atomic E-state index is 0.415. The third-order valence-corrected chi connectivity index (χ3v) is 0.930. The zero-order valence-electron chi connectivity index (χ0n) is 4.74. The molecule has 0 fully saturated rings. The summed E-state index contributed by atoms with van der Waals surface area (Å²) in [7, 11) is 0. The highest BCUT2D eigenvalue weighted by molar-refractivity contribution is 5.36. The molecule has 2 N–H and O–H groups in total. The van der Waals surface area contributed by atoms with E-state index < -0.39 is 23.4 Å². The van der Waals surface area contributed by atoms with Crippen LogP contribution < -0.4 is 5.73 Å². The molecular formula is C5H3F3N2. The maximum Gasteiger partial charge on any atom is 0.241 e. The molecule has 0 radical (unpaired) electrons. The largest absolute Gasteiger partial charge is 0.393 e. The molecule has 0 aliphatic carbocycles. The summed E-state index contributed by atoms with van der Waals surface area (Å²) in [6.45, 7) is 0. The van der Waals surface area contributed by atoms with Crippen LogP contribution in [0.5, 0.6) is 0 Å². The number of nitrogen functional groups attached to an aromatic ring is 1. The van der Waals surface area contributed by atoms with Crippen LogP contribution >= 0.6 is 0 Å². The number of pyridine rings is 1. The van der Waals surface area contributed by atoms with Gasteiger partial charge in [-0.1, -0.05) is 0 Å². The van der Waals surface area contributed by atoms with E-state index in [4.69, 9.17) is 5.73 Å². The van der Waals surface area contributed by atoms with E-state index in [9.17, 15) is 13.2 Å². The van der Waals surface area contributed by atoms with Crippen molar-refractivity contribution < 1.29 is 13.2 Å². The van der Waals surface area contributed by atoms with Crippen molar-refractivity contribution in [1.82, 2.24) is 4.98 Å². The quantitative estimate of drug-likeness (QED) is 0.559. The van der Waals surface area contributed by atoms with Crippen LogP contribution in [0.1, 0.15) is 0 Å². The van der Waals surface area contributed by atoms with Crippen LogP contribution in [-0.4, -0.2) is 4.98 Å². The first-order valence-electron chi connectivity index (χ1n) is 2.38. The van der Waals surface area contributed by atoms with Gasteiger partial charge in [-0.3, -0.25) is 0 Å². The average Bonchev–Trinajstić information content (AvgIpc) is 1.82. The summed E-state index contributed by atoms with van der Waals surface area (Å²) in [5.41, 5.74) is 4.01. The zero-order chi connectivity index (χ0) is 7.72. The standard InChI is InChI=1S/C5H3F3N2/c6-2-1-3(7)10-5(8)4(2)9/h1H,9H2. The Bertz CT molecular complexity index is 238. The summed E-state index contributed by atoms with van der Waals surface area (Å²) >= 11 is 0. The van der Waals surface area contributed by atoms with Gasteiger partial charge < -0.3 is 5.73 Å². The van der Waals surface area contributed by atoms with E-state index in [1.165, 1.54) is 0 Å². The minimum atomic E-state index is -1.32. The summed E-state index contributed by atoms with van der Waals surface area (Å²) in [6, 6.07) is 0.415. The van der Waals surface area contributed by atoms with Gasteiger partial charge in [0.05, 0.1) is 0 Å². The maximum atomic E-state index is 12.2. The molecule has 10 heavy (non-hydrogen) atoms. The van der Waals surface area contributed by atoms with Gasteiger partial charge in [-0.05, 0) is 0 Å². The molecule has 0 amide bonds. The molecule has 0 bridgehead atoms. The topological polar surface area (TPSA) is 38.9 Å². The highest BCUT2D eigenvalue weighted by Gasteiger charge is 2.07. The molecular weight excluding hydrogens is 145 g/mol. The van der Waals surface area contributed by atoms with E-state index in [1.54, 1.807) is 0 Å². The van der Waals surface area contributed by atoms with Crippen LogP contribution in [0.25, 0.3) is 0 Å². The first-order chi connectivity index (χ1) is 4.61. The highest BCUT2D eigenvalue weighted by Crippen LogP contribution is 2.12. The van der Waals surface area contributed by atoms with Crippen molar-refractivity contribution in [2.45, 2.75) is 0 Å². The molecule has 0 atom stereocenters. The maximum absolute atomic E-state index is 12.2. The molecule has 1 aromatic heterocycles. The fraction of sp³-hybridized carbons (Fsp3) is 0. The van der Waals surface area contributed by atoms with Gasteiger partial charge in [0, 0.05) is 6.07 Å². The molecule has 1 rings (SSSR count). The van der Waals surface area contributed by atoms with Crippen molar-refractivity contribution in [3.05, 3.63) is 23.8 Å². The number of halogens is 3. The fourth-order valence-corrected chi connectivity index (χ4v) is 0.467. The molecule has 0 saturated heterocycles. The van der Waals surface area contributed by atoms with Crippen LogP contribution in [-0.2, 0) is 0 Å². The zero-order valence-corrected chi connectivity index (χ0v) is 4.74. The first kappa shape index (κ1) is 6.85. The second-order valence-corrected chi connectivity index (χ2v) is 1.63. The van der Waals surface area contributed by atoms with E-state index >= 15 is 0 Å². The Labute approximate surface area is 54.5 Å². The van der Waals surface area contributed by atoms with Crippen molar-refractivity contribution in [1.29, 1.82) is 0 Å². The second kappa shape index (κ2) is 2.17. The second-order valence-electron chi connectivity index (χ2n) is 1.63. The van der Waals surface area contributed by atoms with Crippen molar-refractivity contribution in [3.63, 3.8) is 0 Å². The number of rotatable bonds is 0. The van der Waals surface area contributed by atoms with Gasteiger partial charge in [0.2, 0.25) is 11.9 Å². The SMILES string of the molecule is Nc1c(F)cc(F)nc1F. The van der Waals surface area contributed by atoms with Gasteiger partial charge in [0.1, 0.15) is 5.69 Å². The highest BCUT2D eigenvalue weighted by atomic mass is 19.1. The van der Waals surface area contributed by atoms with Gasteiger partial charge in [0.25, 0.3) is 0 Å². The molecule has 0 aliphatic heterocycles. The van der Waals surface area contributed by atoms with Crippen LogP contribution in [0.3, 0.4) is 0 Å². The Kier molecular flexibility index (Phi) is 1.48. The molecule has 0 unspecified atom stereocenters. The third kappa shape index (κ3) is 1.02. The van der Waals surface area contributed by atoms with E-state index in [-0.39, 0.29) is 0 Å². The van der Waals surface area contributed by atoms with Crippen molar-refractivity contribution in [3.8, 4) is 0 Å². The lowest BCUT2D eigenvalue weighted by atomic mass is 10.4. The van der Waals surface area contributed by atoms with Gasteiger partial charge in [-0.15, -0.1) is 0 Å². The third-order valence-electron chi connectivity index (χ3n) is 0.930. The van der Waals surface area contributed by atoms with Gasteiger partial charge >= 0.3 is 0 Å². The number of nitrogens with zero attached hydrogens (tertiary/aromatic N) is 1. The summed E-state index contributed by atoms with van der Waals surface area (Å²) in [6.07, 6.45) is 0. The Hall–Kier alpha value is -1.26. The van der Waals surface area contributed by atoms with E-state index in [0.717, 1.165) is 0 Å². The predicted octanol–water partition coefficient (Wildman–Crippen LogP) is 1.08. The summed E-state index contributed by atoms with van der Waals surface area (Å²) in [5, 5.41) is 0. The van der Waals surface area contributed by atoms with Crippen molar-refractivity contribution >= 4 is 5.69 Å². The molecule has 54 valence electrons. The first-order valence-corrected chi connectivity index (χ1v) is 2.38. The Morgan fingerprint density at radius 3 is 2.40 bits per heavy atom. The van der Waals surface area contributed by atoms with Crippen LogP contribution in [0.15, 0.2) is 6.07 Å². The average molecular weight is 148 g/mol. The van der Waals surface area contributed by atoms with Gasteiger partial charge in [-0.2, -0.15) is 13.8 Å². The number of hydrogen-bond acceptors (Lipinski definition) is 2. The van der Waals surface area contributed by atoms with Crippen LogP contribution in [0.4, 0.5) is 18.9 Å². The van der Waals surface area contributed by atoms with Crippen LogP contribution in [0.2, 0.25) is 0 Å². The molecule has 0 spiro atoms. The molecule has 0 aromatic carbocycles. The van der Waals surface area contributed by atoms with Crippen molar-refractivity contribution in [2.75, 3.05) is 5.73 Å². The molecule has 1 heterocycles. The lowest BCUT2D eigenvalue weighted by Gasteiger charge is -1.95. The lowest BCUT2D eigenvalue weighted by molar-refractivity contribution is 0.493. The predicted molar refractivity (Wildman–Crippen MR) is 28.5 cm³/mol. The van der Waals surface area contributed by atoms with E-state index in [1.807, 2.05) is 0 Å². The summed E-state index contributed by atoms with van der Waals surface area (Å²) in [5.74, 6) is -3.67. The Morgan fingerprint density at radius 1 is 1.30 bits per heavy atom. The number of aromatic nitrogens is 1. The van der Waals surface area contributed by atoms with E-state index in [0.29, 0.717) is 6.07 Å². The van der Waals surface area contributed by atoms with Crippen molar-refractivity contribution in [2.24, 2.45) is 0 Å². The Morgan fingerprint density at radius 2 is 1.90 bits per heavy atom. The molecule has 0 aliphatic rings. The molecule has 0 saturated carbocycles. The fourth-order valence-electron chi connectivity index (χ4n) is 0.467. The number of nitrogens with two attached hydrogens (primary N) is 1. The number of hydrogen-bond donors (Lipinski definition) is 1.